The maximum absolute atomic E-state index is 13.9. The number of halogens is 2. The normalized spacial score (nSPS) is 18.4. The Bertz CT molecular complexity index is 520. The van der Waals surface area contributed by atoms with Gasteiger partial charge in [0.15, 0.2) is 11.6 Å². The summed E-state index contributed by atoms with van der Waals surface area (Å²) in [5.74, 6) is -1.44. The van der Waals surface area contributed by atoms with Crippen molar-refractivity contribution >= 4 is 5.57 Å². The molecule has 0 spiro atoms. The number of hydrogen-bond donors (Lipinski definition) is 0. The first kappa shape index (κ1) is 13.0. The van der Waals surface area contributed by atoms with Gasteiger partial charge in [0.1, 0.15) is 0 Å². The Labute approximate surface area is 107 Å². The van der Waals surface area contributed by atoms with Gasteiger partial charge in [0, 0.05) is 0 Å². The van der Waals surface area contributed by atoms with E-state index in [1.807, 2.05) is 39.0 Å². The minimum atomic E-state index is -0.750. The molecule has 0 amide bonds. The lowest BCUT2D eigenvalue weighted by molar-refractivity contribution is 0.488. The Kier molecular flexibility index (Phi) is 3.38. The maximum Gasteiger partial charge on any atom is 0.162 e. The zero-order valence-corrected chi connectivity index (χ0v) is 11.1. The van der Waals surface area contributed by atoms with Crippen molar-refractivity contribution in [3.63, 3.8) is 0 Å². The van der Waals surface area contributed by atoms with Crippen LogP contribution in [0.4, 0.5) is 8.78 Å². The van der Waals surface area contributed by atoms with Gasteiger partial charge in [-0.3, -0.25) is 0 Å². The standard InChI is InChI=1S/C16H18F2/c1-4-6-11(5-2)12-9-13(16(3)7-8-16)15(18)14(17)10-12/h4-6,9-10H,7-8H2,1-3H3/b6-4-,11-5+. The summed E-state index contributed by atoms with van der Waals surface area (Å²) < 4.78 is 27.6. The van der Waals surface area contributed by atoms with Gasteiger partial charge in [0.2, 0.25) is 0 Å². The smallest absolute Gasteiger partial charge is 0.162 e. The molecule has 2 rings (SSSR count). The lowest BCUT2D eigenvalue weighted by Crippen LogP contribution is -2.06. The quantitative estimate of drug-likeness (QED) is 0.661. The molecule has 0 saturated heterocycles. The lowest BCUT2D eigenvalue weighted by Gasteiger charge is -2.13. The molecule has 0 heterocycles. The molecule has 0 unspecified atom stereocenters. The molecule has 0 radical (unpaired) electrons. The first-order chi connectivity index (χ1) is 8.51. The summed E-state index contributed by atoms with van der Waals surface area (Å²) in [6.45, 7) is 5.79. The molecule has 0 aliphatic heterocycles. The van der Waals surface area contributed by atoms with Gasteiger partial charge in [-0.15, -0.1) is 0 Å². The Morgan fingerprint density at radius 2 is 1.89 bits per heavy atom. The molecule has 1 fully saturated rings. The lowest BCUT2D eigenvalue weighted by atomic mass is 9.93. The zero-order chi connectivity index (χ0) is 13.3. The van der Waals surface area contributed by atoms with Crippen LogP contribution in [-0.4, -0.2) is 0 Å². The summed E-state index contributed by atoms with van der Waals surface area (Å²) in [6, 6.07) is 3.07. The summed E-state index contributed by atoms with van der Waals surface area (Å²) in [5, 5.41) is 0. The molecule has 2 heteroatoms. The second-order valence-electron chi connectivity index (χ2n) is 5.12. The van der Waals surface area contributed by atoms with E-state index in [1.54, 1.807) is 6.07 Å². The minimum absolute atomic E-state index is 0.171. The van der Waals surface area contributed by atoms with Gasteiger partial charge in [-0.2, -0.15) is 0 Å². The Morgan fingerprint density at radius 3 is 2.39 bits per heavy atom. The van der Waals surface area contributed by atoms with Crippen molar-refractivity contribution in [3.05, 3.63) is 53.1 Å². The van der Waals surface area contributed by atoms with Crippen LogP contribution in [0, 0.1) is 11.6 Å². The number of benzene rings is 1. The molecule has 96 valence electrons. The highest BCUT2D eigenvalue weighted by Crippen LogP contribution is 2.49. The van der Waals surface area contributed by atoms with E-state index in [1.165, 1.54) is 6.07 Å². The summed E-state index contributed by atoms with van der Waals surface area (Å²) in [7, 11) is 0. The molecule has 1 aromatic carbocycles. The molecule has 1 aliphatic carbocycles. The second kappa shape index (κ2) is 4.68. The molecule has 0 atom stereocenters. The van der Waals surface area contributed by atoms with Gasteiger partial charge in [-0.25, -0.2) is 8.78 Å². The third kappa shape index (κ3) is 2.24. The molecular formula is C16H18F2. The molecule has 0 bridgehead atoms. The van der Waals surface area contributed by atoms with Crippen molar-refractivity contribution in [2.75, 3.05) is 0 Å². The molecule has 0 N–H and O–H groups in total. The van der Waals surface area contributed by atoms with Crippen LogP contribution in [0.2, 0.25) is 0 Å². The van der Waals surface area contributed by atoms with E-state index in [0.29, 0.717) is 5.56 Å². The fourth-order valence-corrected chi connectivity index (χ4v) is 2.19. The van der Waals surface area contributed by atoms with E-state index in [2.05, 4.69) is 0 Å². The zero-order valence-electron chi connectivity index (χ0n) is 11.1. The topological polar surface area (TPSA) is 0 Å². The van der Waals surface area contributed by atoms with Crippen LogP contribution < -0.4 is 0 Å². The van der Waals surface area contributed by atoms with Crippen LogP contribution >= 0.6 is 0 Å². The maximum atomic E-state index is 13.9. The molecule has 1 aromatic rings. The highest BCUT2D eigenvalue weighted by atomic mass is 19.2. The van der Waals surface area contributed by atoms with Crippen molar-refractivity contribution < 1.29 is 8.78 Å². The van der Waals surface area contributed by atoms with Crippen LogP contribution in [0.1, 0.15) is 44.7 Å². The third-order valence-corrected chi connectivity index (χ3v) is 3.67. The second-order valence-corrected chi connectivity index (χ2v) is 5.12. The first-order valence-electron chi connectivity index (χ1n) is 6.31. The van der Waals surface area contributed by atoms with E-state index < -0.39 is 11.6 Å². The minimum Gasteiger partial charge on any atom is -0.204 e. The fourth-order valence-electron chi connectivity index (χ4n) is 2.19. The number of rotatable bonds is 3. The van der Waals surface area contributed by atoms with E-state index in [9.17, 15) is 8.78 Å². The summed E-state index contributed by atoms with van der Waals surface area (Å²) in [6.07, 6.45) is 7.58. The average Bonchev–Trinajstić information content (AvgIpc) is 3.08. The van der Waals surface area contributed by atoms with Gasteiger partial charge < -0.3 is 0 Å². The monoisotopic (exact) mass is 248 g/mol. The summed E-state index contributed by atoms with van der Waals surface area (Å²) >= 11 is 0. The third-order valence-electron chi connectivity index (χ3n) is 3.67. The highest BCUT2D eigenvalue weighted by Gasteiger charge is 2.42. The summed E-state index contributed by atoms with van der Waals surface area (Å²) in [5.41, 5.74) is 2.01. The average molecular weight is 248 g/mol. The van der Waals surface area contributed by atoms with Gasteiger partial charge in [-0.1, -0.05) is 25.2 Å². The number of allylic oxidation sites excluding steroid dienone is 4. The Morgan fingerprint density at radius 1 is 1.22 bits per heavy atom. The molecule has 1 aliphatic rings. The Hall–Kier alpha value is -1.44. The van der Waals surface area contributed by atoms with E-state index >= 15 is 0 Å². The highest BCUT2D eigenvalue weighted by molar-refractivity contribution is 5.74. The Balaban J connectivity index is 2.54. The van der Waals surface area contributed by atoms with E-state index in [-0.39, 0.29) is 5.41 Å². The van der Waals surface area contributed by atoms with Crippen molar-refractivity contribution in [1.82, 2.24) is 0 Å². The van der Waals surface area contributed by atoms with Gasteiger partial charge in [0.25, 0.3) is 0 Å². The van der Waals surface area contributed by atoms with Crippen LogP contribution in [-0.2, 0) is 5.41 Å². The van der Waals surface area contributed by atoms with Crippen LogP contribution in [0.5, 0.6) is 0 Å². The SMILES string of the molecule is C/C=C\C(=C/C)c1cc(F)c(F)c(C2(C)CC2)c1. The van der Waals surface area contributed by atoms with Crippen molar-refractivity contribution in [1.29, 1.82) is 0 Å². The van der Waals surface area contributed by atoms with Crippen LogP contribution in [0.15, 0.2) is 30.4 Å². The molecular weight excluding hydrogens is 230 g/mol. The van der Waals surface area contributed by atoms with E-state index in [0.717, 1.165) is 24.0 Å². The van der Waals surface area contributed by atoms with Gasteiger partial charge in [0.05, 0.1) is 0 Å². The predicted octanol–water partition coefficient (Wildman–Crippen LogP) is 5.00. The van der Waals surface area contributed by atoms with Crippen LogP contribution in [0.3, 0.4) is 0 Å². The predicted molar refractivity (Wildman–Crippen MR) is 71.4 cm³/mol. The molecule has 1 saturated carbocycles. The molecule has 18 heavy (non-hydrogen) atoms. The van der Waals surface area contributed by atoms with Crippen molar-refractivity contribution in [3.8, 4) is 0 Å². The molecule has 0 nitrogen and oxygen atoms in total. The van der Waals surface area contributed by atoms with Gasteiger partial charge >= 0.3 is 0 Å². The van der Waals surface area contributed by atoms with Crippen LogP contribution in [0.25, 0.3) is 5.57 Å². The number of hydrogen-bond acceptors (Lipinski definition) is 0. The van der Waals surface area contributed by atoms with Gasteiger partial charge in [-0.05, 0) is 60.9 Å². The summed E-state index contributed by atoms with van der Waals surface area (Å²) in [4.78, 5) is 0. The fraction of sp³-hybridized carbons (Fsp3) is 0.375. The largest absolute Gasteiger partial charge is 0.204 e. The van der Waals surface area contributed by atoms with Crippen molar-refractivity contribution in [2.24, 2.45) is 0 Å². The van der Waals surface area contributed by atoms with E-state index in [4.69, 9.17) is 0 Å². The first-order valence-corrected chi connectivity index (χ1v) is 6.31. The molecule has 0 aromatic heterocycles. The van der Waals surface area contributed by atoms with Crippen molar-refractivity contribution in [2.45, 2.75) is 39.0 Å².